The molecule has 0 aliphatic carbocycles. The molecule has 1 amide bonds. The summed E-state index contributed by atoms with van der Waals surface area (Å²) in [5, 5.41) is 11.3. The lowest BCUT2D eigenvalue weighted by molar-refractivity contribution is -0.124. The van der Waals surface area contributed by atoms with E-state index in [9.17, 15) is 9.18 Å². The molecule has 1 aliphatic heterocycles. The smallest absolute Gasteiger partial charge is 0.224 e. The van der Waals surface area contributed by atoms with E-state index in [2.05, 4.69) is 10.2 Å². The molecule has 0 bridgehead atoms. The van der Waals surface area contributed by atoms with E-state index in [0.717, 1.165) is 13.0 Å². The lowest BCUT2D eigenvalue weighted by Gasteiger charge is -2.16. The Labute approximate surface area is 111 Å². The fourth-order valence-electron chi connectivity index (χ4n) is 2.38. The predicted molar refractivity (Wildman–Crippen MR) is 68.6 cm³/mol. The second-order valence-electron chi connectivity index (χ2n) is 4.75. The summed E-state index contributed by atoms with van der Waals surface area (Å²) in [5.41, 5.74) is 0.891. The van der Waals surface area contributed by atoms with Gasteiger partial charge in [-0.2, -0.15) is 5.26 Å². The summed E-state index contributed by atoms with van der Waals surface area (Å²) in [5.74, 6) is -0.323. The molecule has 1 aromatic rings. The van der Waals surface area contributed by atoms with Crippen LogP contribution in [0.15, 0.2) is 18.2 Å². The van der Waals surface area contributed by atoms with Crippen LogP contribution in [-0.4, -0.2) is 30.9 Å². The Morgan fingerprint density at radius 2 is 2.42 bits per heavy atom. The Hall–Kier alpha value is -1.93. The van der Waals surface area contributed by atoms with Gasteiger partial charge in [0.05, 0.1) is 17.6 Å². The van der Waals surface area contributed by atoms with Crippen molar-refractivity contribution in [2.75, 3.05) is 20.1 Å². The molecule has 1 atom stereocenters. The van der Waals surface area contributed by atoms with Crippen molar-refractivity contribution < 1.29 is 9.18 Å². The molecular weight excluding hydrogens is 245 g/mol. The molecule has 100 valence electrons. The van der Waals surface area contributed by atoms with E-state index >= 15 is 0 Å². The largest absolute Gasteiger partial charge is 0.359 e. The standard InChI is InChI=1S/C14H16FN3O/c1-17-14(19)12-4-5-18(9-12)8-11-3-2-10(7-16)6-13(11)15/h2-3,6,12H,4-5,8-9H2,1H3,(H,17,19). The Morgan fingerprint density at radius 3 is 3.05 bits per heavy atom. The summed E-state index contributed by atoms with van der Waals surface area (Å²) in [6.07, 6.45) is 0.803. The van der Waals surface area contributed by atoms with Crippen molar-refractivity contribution in [1.82, 2.24) is 10.2 Å². The van der Waals surface area contributed by atoms with Crippen LogP contribution in [0.5, 0.6) is 0 Å². The highest BCUT2D eigenvalue weighted by atomic mass is 19.1. The van der Waals surface area contributed by atoms with Crippen molar-refractivity contribution in [2.24, 2.45) is 5.92 Å². The predicted octanol–water partition coefficient (Wildman–Crippen LogP) is 1.27. The molecule has 1 heterocycles. The number of nitriles is 1. The summed E-state index contributed by atoms with van der Waals surface area (Å²) in [4.78, 5) is 13.6. The first-order chi connectivity index (χ1) is 9.13. The van der Waals surface area contributed by atoms with Gasteiger partial charge in [-0.25, -0.2) is 4.39 Å². The number of hydrogen-bond donors (Lipinski definition) is 1. The third-order valence-corrected chi connectivity index (χ3v) is 3.47. The summed E-state index contributed by atoms with van der Waals surface area (Å²) >= 11 is 0. The lowest BCUT2D eigenvalue weighted by Crippen LogP contribution is -2.30. The second kappa shape index (κ2) is 5.81. The van der Waals surface area contributed by atoms with Gasteiger partial charge in [0.25, 0.3) is 0 Å². The third kappa shape index (κ3) is 3.09. The minimum Gasteiger partial charge on any atom is -0.359 e. The average Bonchev–Trinajstić information content (AvgIpc) is 2.88. The molecule has 1 aliphatic rings. The highest BCUT2D eigenvalue weighted by Gasteiger charge is 2.27. The van der Waals surface area contributed by atoms with Gasteiger partial charge >= 0.3 is 0 Å². The number of benzene rings is 1. The molecule has 0 aromatic heterocycles. The normalized spacial score (nSPS) is 19.1. The van der Waals surface area contributed by atoms with Gasteiger partial charge in [0.1, 0.15) is 5.82 Å². The number of amides is 1. The van der Waals surface area contributed by atoms with E-state index in [1.54, 1.807) is 19.2 Å². The molecule has 1 fully saturated rings. The second-order valence-corrected chi connectivity index (χ2v) is 4.75. The van der Waals surface area contributed by atoms with Crippen molar-refractivity contribution in [3.63, 3.8) is 0 Å². The Morgan fingerprint density at radius 1 is 1.63 bits per heavy atom. The van der Waals surface area contributed by atoms with E-state index in [4.69, 9.17) is 5.26 Å². The molecule has 4 nitrogen and oxygen atoms in total. The van der Waals surface area contributed by atoms with Crippen molar-refractivity contribution in [1.29, 1.82) is 5.26 Å². The fraction of sp³-hybridized carbons (Fsp3) is 0.429. The van der Waals surface area contributed by atoms with Crippen LogP contribution >= 0.6 is 0 Å². The van der Waals surface area contributed by atoms with Crippen LogP contribution < -0.4 is 5.32 Å². The van der Waals surface area contributed by atoms with Crippen LogP contribution in [0, 0.1) is 23.1 Å². The SMILES string of the molecule is CNC(=O)C1CCN(Cc2ccc(C#N)cc2F)C1. The number of carbonyl (C=O) groups is 1. The van der Waals surface area contributed by atoms with Crippen molar-refractivity contribution in [2.45, 2.75) is 13.0 Å². The molecule has 5 heteroatoms. The number of likely N-dealkylation sites (tertiary alicyclic amines) is 1. The van der Waals surface area contributed by atoms with E-state index < -0.39 is 0 Å². The van der Waals surface area contributed by atoms with Gasteiger partial charge in [0.15, 0.2) is 0 Å². The zero-order valence-corrected chi connectivity index (χ0v) is 10.8. The minimum absolute atomic E-state index is 0.00792. The average molecular weight is 261 g/mol. The van der Waals surface area contributed by atoms with Crippen molar-refractivity contribution in [3.05, 3.63) is 35.1 Å². The van der Waals surface area contributed by atoms with Gasteiger partial charge in [0.2, 0.25) is 5.91 Å². The van der Waals surface area contributed by atoms with E-state index in [1.807, 2.05) is 6.07 Å². The Kier molecular flexibility index (Phi) is 4.13. The van der Waals surface area contributed by atoms with Gasteiger partial charge in [0, 0.05) is 25.7 Å². The summed E-state index contributed by atoms with van der Waals surface area (Å²) in [6, 6.07) is 6.42. The molecular formula is C14H16FN3O. The van der Waals surface area contributed by atoms with Gasteiger partial charge < -0.3 is 5.32 Å². The first-order valence-electron chi connectivity index (χ1n) is 6.26. The van der Waals surface area contributed by atoms with Crippen LogP contribution in [0.4, 0.5) is 4.39 Å². The molecule has 0 saturated carbocycles. The number of rotatable bonds is 3. The van der Waals surface area contributed by atoms with Crippen LogP contribution in [-0.2, 0) is 11.3 Å². The Balaban J connectivity index is 2.00. The number of carbonyl (C=O) groups excluding carboxylic acids is 1. The first-order valence-corrected chi connectivity index (χ1v) is 6.26. The van der Waals surface area contributed by atoms with Gasteiger partial charge in [-0.3, -0.25) is 9.69 Å². The van der Waals surface area contributed by atoms with Gasteiger partial charge in [-0.05, 0) is 25.1 Å². The fourth-order valence-corrected chi connectivity index (χ4v) is 2.38. The zero-order valence-electron chi connectivity index (χ0n) is 10.8. The van der Waals surface area contributed by atoms with Crippen LogP contribution in [0.2, 0.25) is 0 Å². The van der Waals surface area contributed by atoms with Gasteiger partial charge in [-0.1, -0.05) is 6.07 Å². The number of halogens is 1. The van der Waals surface area contributed by atoms with Crippen molar-refractivity contribution in [3.8, 4) is 6.07 Å². The number of nitrogens with zero attached hydrogens (tertiary/aromatic N) is 2. The van der Waals surface area contributed by atoms with E-state index in [0.29, 0.717) is 24.2 Å². The first kappa shape index (κ1) is 13.5. The highest BCUT2D eigenvalue weighted by molar-refractivity contribution is 5.78. The molecule has 1 N–H and O–H groups in total. The molecule has 0 radical (unpaired) electrons. The molecule has 1 aromatic carbocycles. The maximum absolute atomic E-state index is 13.8. The summed E-state index contributed by atoms with van der Waals surface area (Å²) < 4.78 is 13.8. The topological polar surface area (TPSA) is 56.1 Å². The van der Waals surface area contributed by atoms with E-state index in [-0.39, 0.29) is 17.6 Å². The monoisotopic (exact) mass is 261 g/mol. The summed E-state index contributed by atoms with van der Waals surface area (Å²) in [6.45, 7) is 1.92. The minimum atomic E-state index is -0.359. The Bertz CT molecular complexity index is 524. The van der Waals surface area contributed by atoms with Crippen LogP contribution in [0.25, 0.3) is 0 Å². The van der Waals surface area contributed by atoms with E-state index in [1.165, 1.54) is 6.07 Å². The maximum atomic E-state index is 13.8. The zero-order chi connectivity index (χ0) is 13.8. The maximum Gasteiger partial charge on any atom is 0.224 e. The highest BCUT2D eigenvalue weighted by Crippen LogP contribution is 2.20. The molecule has 0 spiro atoms. The van der Waals surface area contributed by atoms with Gasteiger partial charge in [-0.15, -0.1) is 0 Å². The van der Waals surface area contributed by atoms with Crippen molar-refractivity contribution >= 4 is 5.91 Å². The quantitative estimate of drug-likeness (QED) is 0.891. The number of hydrogen-bond acceptors (Lipinski definition) is 3. The molecule has 1 unspecified atom stereocenters. The third-order valence-electron chi connectivity index (χ3n) is 3.47. The van der Waals surface area contributed by atoms with Crippen LogP contribution in [0.3, 0.4) is 0 Å². The van der Waals surface area contributed by atoms with Crippen LogP contribution in [0.1, 0.15) is 17.5 Å². The molecule has 19 heavy (non-hydrogen) atoms. The molecule has 2 rings (SSSR count). The summed E-state index contributed by atoms with van der Waals surface area (Å²) in [7, 11) is 1.63. The molecule has 1 saturated heterocycles. The number of nitrogens with one attached hydrogen (secondary N) is 1. The lowest BCUT2D eigenvalue weighted by atomic mass is 10.1.